The van der Waals surface area contributed by atoms with E-state index in [9.17, 15) is 4.79 Å². The minimum absolute atomic E-state index is 0.169. The van der Waals surface area contributed by atoms with Gasteiger partial charge in [-0.3, -0.25) is 4.79 Å². The van der Waals surface area contributed by atoms with Gasteiger partial charge in [0.15, 0.2) is 0 Å². The van der Waals surface area contributed by atoms with Gasteiger partial charge in [-0.15, -0.1) is 0 Å². The first-order chi connectivity index (χ1) is 8.77. The number of hydrogen-bond donors (Lipinski definition) is 1. The van der Waals surface area contributed by atoms with Gasteiger partial charge in [0, 0.05) is 6.04 Å². The first kappa shape index (κ1) is 14.7. The minimum Gasteiger partial charge on any atom is -0.465 e. The van der Waals surface area contributed by atoms with Crippen LogP contribution >= 0.6 is 0 Å². The van der Waals surface area contributed by atoms with E-state index in [1.54, 1.807) is 0 Å². The van der Waals surface area contributed by atoms with Crippen LogP contribution in [0.25, 0.3) is 0 Å². The molecule has 3 nitrogen and oxygen atoms in total. The molecule has 0 aliphatic heterocycles. The van der Waals surface area contributed by atoms with Crippen LogP contribution in [0.2, 0.25) is 0 Å². The Labute approximate surface area is 110 Å². The normalized spacial score (nSPS) is 12.1. The minimum atomic E-state index is -0.169. The van der Waals surface area contributed by atoms with Gasteiger partial charge in [0.25, 0.3) is 0 Å². The number of rotatable bonds is 8. The highest BCUT2D eigenvalue weighted by Gasteiger charge is 2.10. The molecule has 0 aromatic heterocycles. The molecule has 1 rings (SSSR count). The maximum atomic E-state index is 11.5. The molecule has 0 fully saturated rings. The van der Waals surface area contributed by atoms with Crippen molar-refractivity contribution in [2.24, 2.45) is 0 Å². The summed E-state index contributed by atoms with van der Waals surface area (Å²) >= 11 is 0. The molecule has 0 aliphatic rings. The van der Waals surface area contributed by atoms with Gasteiger partial charge < -0.3 is 10.1 Å². The van der Waals surface area contributed by atoms with Crippen molar-refractivity contribution in [3.05, 3.63) is 35.9 Å². The molecule has 1 aromatic carbocycles. The lowest BCUT2D eigenvalue weighted by Crippen LogP contribution is -2.28. The third-order valence-corrected chi connectivity index (χ3v) is 2.86. The van der Waals surface area contributed by atoms with Crippen molar-refractivity contribution < 1.29 is 9.53 Å². The van der Waals surface area contributed by atoms with Gasteiger partial charge in [-0.05, 0) is 18.4 Å². The van der Waals surface area contributed by atoms with E-state index < -0.39 is 0 Å². The Bertz CT molecular complexity index is 338. The summed E-state index contributed by atoms with van der Waals surface area (Å²) in [6.45, 7) is 4.98. The Morgan fingerprint density at radius 3 is 2.61 bits per heavy atom. The molecule has 1 aromatic rings. The number of ether oxygens (including phenoxy) is 1. The Balaban J connectivity index is 2.34. The van der Waals surface area contributed by atoms with Crippen molar-refractivity contribution in [3.8, 4) is 0 Å². The summed E-state index contributed by atoms with van der Waals surface area (Å²) in [6, 6.07) is 10.4. The fraction of sp³-hybridized carbons (Fsp3) is 0.533. The highest BCUT2D eigenvalue weighted by atomic mass is 16.5. The predicted octanol–water partition coefficient (Wildman–Crippen LogP) is 3.07. The zero-order valence-corrected chi connectivity index (χ0v) is 11.3. The largest absolute Gasteiger partial charge is 0.465 e. The molecule has 0 saturated heterocycles. The van der Waals surface area contributed by atoms with E-state index in [4.69, 9.17) is 4.74 Å². The molecule has 1 atom stereocenters. The molecule has 1 N–H and O–H groups in total. The third kappa shape index (κ3) is 5.32. The highest BCUT2D eigenvalue weighted by molar-refractivity contribution is 5.71. The van der Waals surface area contributed by atoms with E-state index in [-0.39, 0.29) is 18.6 Å². The summed E-state index contributed by atoms with van der Waals surface area (Å²) in [6.07, 6.45) is 2.93. The number of nitrogens with one attached hydrogen (secondary N) is 1. The Morgan fingerprint density at radius 2 is 2.00 bits per heavy atom. The Kier molecular flexibility index (Phi) is 7.11. The van der Waals surface area contributed by atoms with Crippen molar-refractivity contribution in [1.29, 1.82) is 0 Å². The van der Waals surface area contributed by atoms with Crippen LogP contribution in [0.4, 0.5) is 0 Å². The number of carbonyl (C=O) groups excluding carboxylic acids is 1. The molecule has 0 amide bonds. The van der Waals surface area contributed by atoms with Crippen LogP contribution in [0.1, 0.15) is 44.7 Å². The van der Waals surface area contributed by atoms with Crippen LogP contribution in [-0.2, 0) is 9.53 Å². The van der Waals surface area contributed by atoms with Gasteiger partial charge in [0.05, 0.1) is 13.2 Å². The SMILES string of the molecule is CCCCOC(=O)CNC(CC)c1ccccc1. The molecule has 1 unspecified atom stereocenters. The fourth-order valence-corrected chi connectivity index (χ4v) is 1.77. The second-order valence-electron chi connectivity index (χ2n) is 4.33. The maximum Gasteiger partial charge on any atom is 0.319 e. The molecule has 18 heavy (non-hydrogen) atoms. The number of esters is 1. The summed E-state index contributed by atoms with van der Waals surface area (Å²) in [5, 5.41) is 3.24. The molecule has 0 aliphatic carbocycles. The molecule has 0 saturated carbocycles. The molecule has 3 heteroatoms. The van der Waals surface area contributed by atoms with Crippen LogP contribution in [-0.4, -0.2) is 19.1 Å². The zero-order chi connectivity index (χ0) is 13.2. The predicted molar refractivity (Wildman–Crippen MR) is 73.3 cm³/mol. The number of hydrogen-bond acceptors (Lipinski definition) is 3. The van der Waals surface area contributed by atoms with Gasteiger partial charge in [-0.2, -0.15) is 0 Å². The lowest BCUT2D eigenvalue weighted by Gasteiger charge is -2.16. The van der Waals surface area contributed by atoms with Crippen molar-refractivity contribution >= 4 is 5.97 Å². The summed E-state index contributed by atoms with van der Waals surface area (Å²) in [4.78, 5) is 11.5. The average molecular weight is 249 g/mol. The Hall–Kier alpha value is -1.35. The topological polar surface area (TPSA) is 38.3 Å². The fourth-order valence-electron chi connectivity index (χ4n) is 1.77. The number of carbonyl (C=O) groups is 1. The smallest absolute Gasteiger partial charge is 0.319 e. The lowest BCUT2D eigenvalue weighted by molar-refractivity contribution is -0.142. The molecule has 100 valence electrons. The standard InChI is InChI=1S/C15H23NO2/c1-3-5-11-18-15(17)12-16-14(4-2)13-9-7-6-8-10-13/h6-10,14,16H,3-5,11-12H2,1-2H3. The van der Waals surface area contributed by atoms with Crippen LogP contribution < -0.4 is 5.32 Å². The molecule has 0 spiro atoms. The number of benzene rings is 1. The van der Waals surface area contributed by atoms with E-state index in [0.717, 1.165) is 19.3 Å². The quantitative estimate of drug-likeness (QED) is 0.568. The third-order valence-electron chi connectivity index (χ3n) is 2.86. The second kappa shape index (κ2) is 8.70. The van der Waals surface area contributed by atoms with Gasteiger partial charge in [-0.1, -0.05) is 50.6 Å². The van der Waals surface area contributed by atoms with E-state index in [1.165, 1.54) is 5.56 Å². The van der Waals surface area contributed by atoms with Crippen molar-refractivity contribution in [3.63, 3.8) is 0 Å². The summed E-state index contributed by atoms with van der Waals surface area (Å²) in [5.74, 6) is -0.169. The van der Waals surface area contributed by atoms with Gasteiger partial charge in [-0.25, -0.2) is 0 Å². The first-order valence-corrected chi connectivity index (χ1v) is 6.71. The highest BCUT2D eigenvalue weighted by Crippen LogP contribution is 2.15. The van der Waals surface area contributed by atoms with Crippen LogP contribution in [0.15, 0.2) is 30.3 Å². The van der Waals surface area contributed by atoms with Crippen LogP contribution in [0.3, 0.4) is 0 Å². The lowest BCUT2D eigenvalue weighted by atomic mass is 10.1. The number of unbranched alkanes of at least 4 members (excludes halogenated alkanes) is 1. The van der Waals surface area contributed by atoms with E-state index in [0.29, 0.717) is 6.61 Å². The summed E-state index contributed by atoms with van der Waals surface area (Å²) in [5.41, 5.74) is 1.21. The monoisotopic (exact) mass is 249 g/mol. The van der Waals surface area contributed by atoms with Crippen LogP contribution in [0.5, 0.6) is 0 Å². The molecule has 0 heterocycles. The molecular weight excluding hydrogens is 226 g/mol. The Morgan fingerprint density at radius 1 is 1.28 bits per heavy atom. The first-order valence-electron chi connectivity index (χ1n) is 6.71. The average Bonchev–Trinajstić information content (AvgIpc) is 2.41. The van der Waals surface area contributed by atoms with E-state index in [2.05, 4.69) is 31.3 Å². The summed E-state index contributed by atoms with van der Waals surface area (Å²) < 4.78 is 5.11. The summed E-state index contributed by atoms with van der Waals surface area (Å²) in [7, 11) is 0. The van der Waals surface area contributed by atoms with Crippen molar-refractivity contribution in [1.82, 2.24) is 5.32 Å². The van der Waals surface area contributed by atoms with Gasteiger partial charge in [0.1, 0.15) is 0 Å². The zero-order valence-electron chi connectivity index (χ0n) is 11.3. The maximum absolute atomic E-state index is 11.5. The molecule has 0 bridgehead atoms. The second-order valence-corrected chi connectivity index (χ2v) is 4.33. The van der Waals surface area contributed by atoms with E-state index in [1.807, 2.05) is 18.2 Å². The van der Waals surface area contributed by atoms with E-state index >= 15 is 0 Å². The van der Waals surface area contributed by atoms with Crippen molar-refractivity contribution in [2.45, 2.75) is 39.2 Å². The van der Waals surface area contributed by atoms with Gasteiger partial charge in [0.2, 0.25) is 0 Å². The molecular formula is C15H23NO2. The van der Waals surface area contributed by atoms with Gasteiger partial charge >= 0.3 is 5.97 Å². The van der Waals surface area contributed by atoms with Crippen molar-refractivity contribution in [2.75, 3.05) is 13.2 Å². The molecule has 0 radical (unpaired) electrons. The van der Waals surface area contributed by atoms with Crippen LogP contribution in [0, 0.1) is 0 Å².